The van der Waals surface area contributed by atoms with Crippen LogP contribution >= 0.6 is 0 Å². The average molecular weight is 553 g/mol. The van der Waals surface area contributed by atoms with Crippen LogP contribution in [0, 0.1) is 5.92 Å². The van der Waals surface area contributed by atoms with Gasteiger partial charge in [0.05, 0.1) is 18.6 Å². The van der Waals surface area contributed by atoms with Crippen molar-refractivity contribution in [3.63, 3.8) is 0 Å². The second kappa shape index (κ2) is 10.2. The van der Waals surface area contributed by atoms with Crippen molar-refractivity contribution in [1.82, 2.24) is 9.80 Å². The van der Waals surface area contributed by atoms with E-state index < -0.39 is 0 Å². The number of likely N-dealkylation sites (N-methyl/N-ethyl adjacent to an activating group) is 1. The molecule has 1 aromatic heterocycles. The average Bonchev–Trinajstić information content (AvgIpc) is 3.61. The minimum absolute atomic E-state index is 0.0425. The Morgan fingerprint density at radius 2 is 2.00 bits per heavy atom. The highest BCUT2D eigenvalue weighted by Crippen LogP contribution is 2.63. The predicted octanol–water partition coefficient (Wildman–Crippen LogP) is 5.03. The molecule has 2 aromatic carbocycles. The van der Waals surface area contributed by atoms with E-state index in [2.05, 4.69) is 35.2 Å². The molecule has 41 heavy (non-hydrogen) atoms. The second-order valence-electron chi connectivity index (χ2n) is 12.0. The summed E-state index contributed by atoms with van der Waals surface area (Å²) in [4.78, 5) is 30.0. The van der Waals surface area contributed by atoms with Gasteiger partial charge in [0.15, 0.2) is 0 Å². The predicted molar refractivity (Wildman–Crippen MR) is 155 cm³/mol. The third kappa shape index (κ3) is 4.29. The van der Waals surface area contributed by atoms with Crippen molar-refractivity contribution in [2.24, 2.45) is 5.92 Å². The van der Waals surface area contributed by atoms with Gasteiger partial charge in [-0.25, -0.2) is 0 Å². The van der Waals surface area contributed by atoms with Gasteiger partial charge in [0.2, 0.25) is 5.91 Å². The number of nitrogens with zero attached hydrogens (tertiary/aromatic N) is 2. The zero-order valence-corrected chi connectivity index (χ0v) is 23.6. The van der Waals surface area contributed by atoms with Crippen molar-refractivity contribution in [3.8, 4) is 11.5 Å². The molecule has 0 radical (unpaired) electrons. The lowest BCUT2D eigenvalue weighted by atomic mass is 9.51. The van der Waals surface area contributed by atoms with E-state index in [1.54, 1.807) is 24.7 Å². The Balaban J connectivity index is 1.23. The van der Waals surface area contributed by atoms with Crippen molar-refractivity contribution in [2.75, 3.05) is 20.1 Å². The topological polar surface area (TPSA) is 72.2 Å². The van der Waals surface area contributed by atoms with E-state index in [-0.39, 0.29) is 29.4 Å². The number of piperidine rings is 1. The third-order valence-corrected chi connectivity index (χ3v) is 9.99. The second-order valence-corrected chi connectivity index (χ2v) is 12.0. The van der Waals surface area contributed by atoms with Gasteiger partial charge in [0, 0.05) is 54.7 Å². The number of carbonyl (C=O) groups excluding carboxylic acids is 2. The molecule has 1 amide bonds. The number of hydrogen-bond donors (Lipinski definition) is 0. The number of ether oxygens (including phenoxy) is 2. The number of likely N-dealkylation sites (tertiary alicyclic amines) is 1. The Hall–Kier alpha value is -3.84. The molecule has 1 spiro atoms. The Bertz CT molecular complexity index is 1480. The summed E-state index contributed by atoms with van der Waals surface area (Å²) >= 11 is 0. The molecule has 0 unspecified atom stereocenters. The van der Waals surface area contributed by atoms with E-state index >= 15 is 0 Å². The molecule has 2 fully saturated rings. The van der Waals surface area contributed by atoms with Gasteiger partial charge in [-0.3, -0.25) is 14.5 Å². The van der Waals surface area contributed by atoms with Crippen molar-refractivity contribution < 1.29 is 23.5 Å². The van der Waals surface area contributed by atoms with Crippen LogP contribution in [0.4, 0.5) is 0 Å². The zero-order chi connectivity index (χ0) is 28.1. The maximum Gasteiger partial charge on any atom is 0.308 e. The largest absolute Gasteiger partial charge is 0.487 e. The van der Waals surface area contributed by atoms with Crippen LogP contribution in [0.5, 0.6) is 11.5 Å². The van der Waals surface area contributed by atoms with Crippen LogP contribution in [0.3, 0.4) is 0 Å². The van der Waals surface area contributed by atoms with E-state index in [4.69, 9.17) is 13.9 Å². The maximum atomic E-state index is 13.4. The van der Waals surface area contributed by atoms with E-state index in [1.807, 2.05) is 30.1 Å². The summed E-state index contributed by atoms with van der Waals surface area (Å²) in [5, 5.41) is 0. The fourth-order valence-electron chi connectivity index (χ4n) is 8.26. The van der Waals surface area contributed by atoms with Crippen LogP contribution in [-0.2, 0) is 27.8 Å². The van der Waals surface area contributed by atoms with Gasteiger partial charge < -0.3 is 18.8 Å². The fourth-order valence-corrected chi connectivity index (χ4v) is 8.26. The smallest absolute Gasteiger partial charge is 0.308 e. The van der Waals surface area contributed by atoms with E-state index in [9.17, 15) is 9.59 Å². The standard InChI is InChI=1S/C34H36N2O5/c1-22(37)40-29-11-12-30-32-25(29)20-28-26-9-10-27(35(2)31(38)13-8-24-15-19-39-21-24)33(41-30)34(26,32)16-18-36(28)17-14-23-6-4-3-5-7-23/h3-8,11-13,15,19,21,26-28,33H,9-10,14,16-18,20H2,1-2H3/b13-8+/t26-,27+,28+,33-,34-/m0/s1. The number of furan rings is 1. The summed E-state index contributed by atoms with van der Waals surface area (Å²) in [6, 6.07) is 16.7. The third-order valence-electron chi connectivity index (χ3n) is 9.99. The van der Waals surface area contributed by atoms with Crippen LogP contribution in [0.25, 0.3) is 6.08 Å². The molecule has 3 aromatic rings. The van der Waals surface area contributed by atoms with Gasteiger partial charge in [-0.1, -0.05) is 30.3 Å². The summed E-state index contributed by atoms with van der Waals surface area (Å²) in [6.07, 6.45) is 11.2. The summed E-state index contributed by atoms with van der Waals surface area (Å²) in [6.45, 7) is 3.44. The first-order valence-corrected chi connectivity index (χ1v) is 14.7. The minimum Gasteiger partial charge on any atom is -0.487 e. The number of esters is 1. The lowest BCUT2D eigenvalue weighted by Gasteiger charge is -2.60. The summed E-state index contributed by atoms with van der Waals surface area (Å²) in [5.41, 5.74) is 4.34. The molecule has 212 valence electrons. The first-order chi connectivity index (χ1) is 20.0. The quantitative estimate of drug-likeness (QED) is 0.233. The Labute approximate surface area is 240 Å². The molecule has 7 heteroatoms. The number of hydrogen-bond acceptors (Lipinski definition) is 6. The Morgan fingerprint density at radius 1 is 1.15 bits per heavy atom. The van der Waals surface area contributed by atoms with Gasteiger partial charge in [0.25, 0.3) is 0 Å². The van der Waals surface area contributed by atoms with Crippen LogP contribution in [0.2, 0.25) is 0 Å². The van der Waals surface area contributed by atoms with E-state index in [0.717, 1.165) is 62.1 Å². The Kier molecular flexibility index (Phi) is 6.50. The van der Waals surface area contributed by atoms with Crippen molar-refractivity contribution >= 4 is 18.0 Å². The van der Waals surface area contributed by atoms with Gasteiger partial charge in [-0.05, 0) is 74.4 Å². The molecule has 2 aliphatic carbocycles. The fraction of sp³-hybridized carbons (Fsp3) is 0.412. The molecular formula is C34H36N2O5. The van der Waals surface area contributed by atoms with Gasteiger partial charge >= 0.3 is 5.97 Å². The molecule has 7 nitrogen and oxygen atoms in total. The van der Waals surface area contributed by atoms with Crippen molar-refractivity contribution in [3.05, 3.63) is 89.4 Å². The number of carbonyl (C=O) groups is 2. The summed E-state index contributed by atoms with van der Waals surface area (Å²) < 4.78 is 17.8. The molecule has 3 heterocycles. The lowest BCUT2D eigenvalue weighted by molar-refractivity contribution is -0.135. The highest BCUT2D eigenvalue weighted by Gasteiger charge is 2.66. The molecule has 7 rings (SSSR count). The molecule has 1 saturated carbocycles. The van der Waals surface area contributed by atoms with Gasteiger partial charge in [0.1, 0.15) is 17.6 Å². The SMILES string of the molecule is CC(=O)Oc1ccc2c3c1C[C@@H]1[C@@H]4CC[C@@H](N(C)C(=O)/C=C/c5ccoc5)[C@H](O2)[C@]34CCN1CCc1ccccc1. The highest BCUT2D eigenvalue weighted by molar-refractivity contribution is 5.91. The normalized spacial score (nSPS) is 27.8. The number of amides is 1. The van der Waals surface area contributed by atoms with Crippen molar-refractivity contribution in [2.45, 2.75) is 62.6 Å². The maximum absolute atomic E-state index is 13.4. The Morgan fingerprint density at radius 3 is 2.78 bits per heavy atom. The van der Waals surface area contributed by atoms with Gasteiger partial charge in [-0.2, -0.15) is 0 Å². The number of rotatable bonds is 7. The molecule has 1 saturated heterocycles. The van der Waals surface area contributed by atoms with Crippen molar-refractivity contribution in [1.29, 1.82) is 0 Å². The lowest BCUT2D eigenvalue weighted by Crippen LogP contribution is -2.69. The van der Waals surface area contributed by atoms with Crippen LogP contribution in [0.15, 0.2) is 71.6 Å². The molecule has 5 atom stereocenters. The minimum atomic E-state index is -0.307. The van der Waals surface area contributed by atoms with Gasteiger partial charge in [-0.15, -0.1) is 0 Å². The van der Waals surface area contributed by atoms with Crippen LogP contribution in [0.1, 0.15) is 48.4 Å². The highest BCUT2D eigenvalue weighted by atomic mass is 16.5. The van der Waals surface area contributed by atoms with E-state index in [1.165, 1.54) is 18.1 Å². The molecule has 0 N–H and O–H groups in total. The first kappa shape index (κ1) is 26.1. The monoisotopic (exact) mass is 552 g/mol. The molecule has 4 aliphatic rings. The summed E-state index contributed by atoms with van der Waals surface area (Å²) in [5.74, 6) is 1.61. The zero-order valence-electron chi connectivity index (χ0n) is 23.6. The van der Waals surface area contributed by atoms with Crippen LogP contribution in [-0.4, -0.2) is 60.0 Å². The number of benzene rings is 2. The first-order valence-electron chi connectivity index (χ1n) is 14.7. The van der Waals surface area contributed by atoms with E-state index in [0.29, 0.717) is 17.7 Å². The molecule has 2 bridgehead atoms. The molecule has 2 aliphatic heterocycles. The summed E-state index contributed by atoms with van der Waals surface area (Å²) in [7, 11) is 1.90. The van der Waals surface area contributed by atoms with Crippen LogP contribution < -0.4 is 9.47 Å². The molecular weight excluding hydrogens is 516 g/mol.